The molecule has 1 saturated heterocycles. The van der Waals surface area contributed by atoms with E-state index in [0.29, 0.717) is 0 Å². The van der Waals surface area contributed by atoms with Gasteiger partial charge in [-0.2, -0.15) is 0 Å². The highest BCUT2D eigenvalue weighted by atomic mass is 19.2. The smallest absolute Gasteiger partial charge is 0.159 e. The molecule has 140 valence electrons. The lowest BCUT2D eigenvalue weighted by Crippen LogP contribution is -2.46. The van der Waals surface area contributed by atoms with E-state index in [1.54, 1.807) is 6.07 Å². The van der Waals surface area contributed by atoms with Crippen molar-refractivity contribution in [2.24, 2.45) is 0 Å². The molecule has 0 saturated carbocycles. The van der Waals surface area contributed by atoms with Gasteiger partial charge < -0.3 is 10.1 Å². The van der Waals surface area contributed by atoms with Gasteiger partial charge in [0.05, 0.1) is 6.10 Å². The van der Waals surface area contributed by atoms with Crippen molar-refractivity contribution in [1.29, 1.82) is 0 Å². The van der Waals surface area contributed by atoms with Crippen molar-refractivity contribution in [3.05, 3.63) is 65.2 Å². The summed E-state index contributed by atoms with van der Waals surface area (Å²) in [5.74, 6) is -0.710. The topological polar surface area (TPSA) is 24.5 Å². The van der Waals surface area contributed by atoms with Crippen molar-refractivity contribution >= 4 is 0 Å². The standard InChI is InChI=1S/C21H26F2N2O/c1-14(2)26-21-7-5-4-6-17(21)20-13-25(11-10-24-20)15(3)16-8-9-18(22)19(23)12-16/h4-9,12,14-15,20,24H,10-11,13H2,1-3H3/t15-,20+/m1/s1. The van der Waals surface area contributed by atoms with Gasteiger partial charge in [-0.25, -0.2) is 8.78 Å². The molecule has 0 spiro atoms. The first kappa shape index (κ1) is 18.8. The van der Waals surface area contributed by atoms with Crippen molar-refractivity contribution < 1.29 is 13.5 Å². The molecule has 1 aliphatic rings. The number of hydrogen-bond donors (Lipinski definition) is 1. The Kier molecular flexibility index (Phi) is 5.89. The summed E-state index contributed by atoms with van der Waals surface area (Å²) < 4.78 is 32.8. The number of nitrogens with zero attached hydrogens (tertiary/aromatic N) is 1. The Hall–Kier alpha value is -1.98. The predicted molar refractivity (Wildman–Crippen MR) is 99.3 cm³/mol. The monoisotopic (exact) mass is 360 g/mol. The Balaban J connectivity index is 1.78. The van der Waals surface area contributed by atoms with Crippen molar-refractivity contribution in [2.45, 2.75) is 39.0 Å². The summed E-state index contributed by atoms with van der Waals surface area (Å²) >= 11 is 0. The number of para-hydroxylation sites is 1. The van der Waals surface area contributed by atoms with E-state index in [4.69, 9.17) is 4.74 Å². The molecular formula is C21H26F2N2O. The molecule has 2 atom stereocenters. The minimum atomic E-state index is -0.807. The van der Waals surface area contributed by atoms with E-state index < -0.39 is 11.6 Å². The van der Waals surface area contributed by atoms with Gasteiger partial charge in [0.2, 0.25) is 0 Å². The van der Waals surface area contributed by atoms with Crippen LogP contribution in [-0.4, -0.2) is 30.6 Å². The molecule has 3 nitrogen and oxygen atoms in total. The third kappa shape index (κ3) is 4.22. The van der Waals surface area contributed by atoms with Gasteiger partial charge in [-0.3, -0.25) is 4.90 Å². The maximum Gasteiger partial charge on any atom is 0.159 e. The molecule has 0 radical (unpaired) electrons. The van der Waals surface area contributed by atoms with Gasteiger partial charge in [-0.15, -0.1) is 0 Å². The van der Waals surface area contributed by atoms with E-state index in [9.17, 15) is 8.78 Å². The van der Waals surface area contributed by atoms with E-state index in [1.165, 1.54) is 12.1 Å². The molecule has 1 N–H and O–H groups in total. The summed E-state index contributed by atoms with van der Waals surface area (Å²) in [6.45, 7) is 8.52. The minimum Gasteiger partial charge on any atom is -0.491 e. The SMILES string of the molecule is CC(C)Oc1ccccc1[C@@H]1CN([C@H](C)c2ccc(F)c(F)c2)CCN1. The summed E-state index contributed by atoms with van der Waals surface area (Å²) in [5, 5.41) is 3.55. The lowest BCUT2D eigenvalue weighted by molar-refractivity contribution is 0.150. The van der Waals surface area contributed by atoms with Crippen LogP contribution in [0.5, 0.6) is 5.75 Å². The lowest BCUT2D eigenvalue weighted by Gasteiger charge is -2.38. The molecule has 1 heterocycles. The van der Waals surface area contributed by atoms with Gasteiger partial charge in [0.15, 0.2) is 11.6 Å². The summed E-state index contributed by atoms with van der Waals surface area (Å²) in [6, 6.07) is 12.4. The second-order valence-corrected chi connectivity index (χ2v) is 7.06. The van der Waals surface area contributed by atoms with Crippen LogP contribution in [0.2, 0.25) is 0 Å². The second kappa shape index (κ2) is 8.14. The fourth-order valence-electron chi connectivity index (χ4n) is 3.45. The van der Waals surface area contributed by atoms with Crippen LogP contribution in [0.15, 0.2) is 42.5 Å². The minimum absolute atomic E-state index is 0.00730. The Labute approximate surface area is 154 Å². The van der Waals surface area contributed by atoms with Crippen LogP contribution in [0.4, 0.5) is 8.78 Å². The van der Waals surface area contributed by atoms with E-state index in [-0.39, 0.29) is 18.2 Å². The molecule has 1 fully saturated rings. The fourth-order valence-corrected chi connectivity index (χ4v) is 3.45. The van der Waals surface area contributed by atoms with Crippen LogP contribution in [0.1, 0.15) is 44.0 Å². The van der Waals surface area contributed by atoms with Crippen molar-refractivity contribution in [1.82, 2.24) is 10.2 Å². The van der Waals surface area contributed by atoms with Crippen LogP contribution in [0, 0.1) is 11.6 Å². The molecule has 0 amide bonds. The molecule has 3 rings (SSSR count). The summed E-state index contributed by atoms with van der Waals surface area (Å²) in [6.07, 6.45) is 0.108. The van der Waals surface area contributed by atoms with Gasteiger partial charge in [-0.1, -0.05) is 24.3 Å². The first-order valence-corrected chi connectivity index (χ1v) is 9.13. The zero-order valence-electron chi connectivity index (χ0n) is 15.5. The maximum absolute atomic E-state index is 13.6. The average Bonchev–Trinajstić information content (AvgIpc) is 2.63. The van der Waals surface area contributed by atoms with Crippen LogP contribution in [0.3, 0.4) is 0 Å². The lowest BCUT2D eigenvalue weighted by atomic mass is 10.00. The summed E-state index contributed by atoms with van der Waals surface area (Å²) in [7, 11) is 0. The molecule has 1 aliphatic heterocycles. The van der Waals surface area contributed by atoms with Crippen LogP contribution in [-0.2, 0) is 0 Å². The summed E-state index contributed by atoms with van der Waals surface area (Å²) in [4.78, 5) is 2.29. The number of rotatable bonds is 5. The average molecular weight is 360 g/mol. The van der Waals surface area contributed by atoms with Crippen LogP contribution >= 0.6 is 0 Å². The fraction of sp³-hybridized carbons (Fsp3) is 0.429. The number of piperazine rings is 1. The zero-order valence-corrected chi connectivity index (χ0v) is 15.5. The van der Waals surface area contributed by atoms with Crippen LogP contribution < -0.4 is 10.1 Å². The molecule has 2 aromatic carbocycles. The Bertz CT molecular complexity index is 751. The number of nitrogens with one attached hydrogen (secondary N) is 1. The summed E-state index contributed by atoms with van der Waals surface area (Å²) in [5.41, 5.74) is 1.92. The third-order valence-corrected chi connectivity index (χ3v) is 4.84. The highest BCUT2D eigenvalue weighted by molar-refractivity contribution is 5.36. The molecule has 5 heteroatoms. The van der Waals surface area contributed by atoms with Gasteiger partial charge in [0.25, 0.3) is 0 Å². The number of halogens is 2. The highest BCUT2D eigenvalue weighted by Gasteiger charge is 2.27. The van der Waals surface area contributed by atoms with E-state index in [0.717, 1.165) is 36.5 Å². The first-order valence-electron chi connectivity index (χ1n) is 9.13. The molecule has 0 aliphatic carbocycles. The van der Waals surface area contributed by atoms with Crippen molar-refractivity contribution in [2.75, 3.05) is 19.6 Å². The Morgan fingerprint density at radius 2 is 1.85 bits per heavy atom. The molecule has 0 aromatic heterocycles. The largest absolute Gasteiger partial charge is 0.491 e. The van der Waals surface area contributed by atoms with E-state index >= 15 is 0 Å². The molecule has 26 heavy (non-hydrogen) atoms. The first-order chi connectivity index (χ1) is 12.5. The van der Waals surface area contributed by atoms with Gasteiger partial charge in [-0.05, 0) is 44.5 Å². The molecule has 0 unspecified atom stereocenters. The molecular weight excluding hydrogens is 334 g/mol. The van der Waals surface area contributed by atoms with Gasteiger partial charge in [0.1, 0.15) is 5.75 Å². The Morgan fingerprint density at radius 1 is 1.08 bits per heavy atom. The number of benzene rings is 2. The molecule has 0 bridgehead atoms. The van der Waals surface area contributed by atoms with Gasteiger partial charge >= 0.3 is 0 Å². The number of ether oxygens (including phenoxy) is 1. The third-order valence-electron chi connectivity index (χ3n) is 4.84. The van der Waals surface area contributed by atoms with Crippen molar-refractivity contribution in [3.8, 4) is 5.75 Å². The highest BCUT2D eigenvalue weighted by Crippen LogP contribution is 2.31. The van der Waals surface area contributed by atoms with E-state index in [1.807, 2.05) is 39.0 Å². The van der Waals surface area contributed by atoms with E-state index in [2.05, 4.69) is 16.3 Å². The Morgan fingerprint density at radius 3 is 2.58 bits per heavy atom. The maximum atomic E-state index is 13.6. The zero-order chi connectivity index (χ0) is 18.7. The predicted octanol–water partition coefficient (Wildman–Crippen LogP) is 4.46. The number of hydrogen-bond acceptors (Lipinski definition) is 3. The quantitative estimate of drug-likeness (QED) is 0.852. The van der Waals surface area contributed by atoms with Crippen LogP contribution in [0.25, 0.3) is 0 Å². The van der Waals surface area contributed by atoms with Crippen molar-refractivity contribution in [3.63, 3.8) is 0 Å². The van der Waals surface area contributed by atoms with Gasteiger partial charge in [0, 0.05) is 37.3 Å². The second-order valence-electron chi connectivity index (χ2n) is 7.06. The molecule has 2 aromatic rings. The normalized spacial score (nSPS) is 19.5.